The molecule has 7 heteroatoms. The molecule has 0 bridgehead atoms. The Kier molecular flexibility index (Phi) is 4.06. The molecular weight excluding hydrogens is 271 g/mol. The van der Waals surface area contributed by atoms with Crippen LogP contribution in [0.4, 0.5) is 18.9 Å². The summed E-state index contributed by atoms with van der Waals surface area (Å²) < 4.78 is 40.2. The lowest BCUT2D eigenvalue weighted by atomic mass is 9.82. The summed E-state index contributed by atoms with van der Waals surface area (Å²) in [6, 6.07) is 5.68. The van der Waals surface area contributed by atoms with Gasteiger partial charge in [0, 0.05) is 11.8 Å². The molecule has 0 radical (unpaired) electrons. The molecular formula is C13H16F3N3O. The molecule has 20 heavy (non-hydrogen) atoms. The Balaban J connectivity index is 2.00. The molecule has 2 unspecified atom stereocenters. The molecule has 1 saturated carbocycles. The minimum atomic E-state index is -4.71. The van der Waals surface area contributed by atoms with Gasteiger partial charge in [0.2, 0.25) is 0 Å². The standard InChI is InChI=1S/C13H16F3N3O/c1-8-5-6-11(8)19-12(17)18-9-3-2-4-10(7-9)20-13(14,15)16/h2-4,7-8,11H,5-6H2,1H3,(H3,17,18,19). The number of alkyl halides is 3. The summed E-state index contributed by atoms with van der Waals surface area (Å²) in [5.74, 6) is 0.397. The van der Waals surface area contributed by atoms with E-state index in [1.807, 2.05) is 0 Å². The Bertz CT molecular complexity index is 502. The molecule has 0 saturated heterocycles. The van der Waals surface area contributed by atoms with Gasteiger partial charge in [-0.1, -0.05) is 13.0 Å². The maximum atomic E-state index is 12.1. The first-order valence-corrected chi connectivity index (χ1v) is 6.29. The van der Waals surface area contributed by atoms with Crippen molar-refractivity contribution in [2.45, 2.75) is 32.2 Å². The largest absolute Gasteiger partial charge is 0.573 e. The highest BCUT2D eigenvalue weighted by molar-refractivity contribution is 5.92. The van der Waals surface area contributed by atoms with Gasteiger partial charge in [-0.3, -0.25) is 0 Å². The predicted molar refractivity (Wildman–Crippen MR) is 70.6 cm³/mol. The minimum absolute atomic E-state index is 0.192. The molecule has 2 rings (SSSR count). The molecule has 0 spiro atoms. The average molecular weight is 287 g/mol. The molecule has 2 atom stereocenters. The summed E-state index contributed by atoms with van der Waals surface area (Å²) in [7, 11) is 0. The Hall–Kier alpha value is -1.92. The Morgan fingerprint density at radius 1 is 1.40 bits per heavy atom. The maximum Gasteiger partial charge on any atom is 0.573 e. The van der Waals surface area contributed by atoms with E-state index >= 15 is 0 Å². The van der Waals surface area contributed by atoms with Crippen molar-refractivity contribution in [3.05, 3.63) is 24.3 Å². The lowest BCUT2D eigenvalue weighted by Gasteiger charge is -2.30. The molecule has 0 heterocycles. The van der Waals surface area contributed by atoms with Crippen LogP contribution in [-0.4, -0.2) is 18.4 Å². The number of anilines is 1. The van der Waals surface area contributed by atoms with Gasteiger partial charge in [0.1, 0.15) is 5.75 Å². The Morgan fingerprint density at radius 3 is 2.70 bits per heavy atom. The number of halogens is 3. The van der Waals surface area contributed by atoms with Gasteiger partial charge in [0.25, 0.3) is 0 Å². The minimum Gasteiger partial charge on any atom is -0.406 e. The Labute approximate surface area is 114 Å². The topological polar surface area (TPSA) is 59.6 Å². The number of nitrogens with zero attached hydrogens (tertiary/aromatic N) is 1. The van der Waals surface area contributed by atoms with Crippen LogP contribution < -0.4 is 15.8 Å². The molecule has 1 aromatic rings. The van der Waals surface area contributed by atoms with Crippen molar-refractivity contribution < 1.29 is 17.9 Å². The number of aliphatic imine (C=N–C) groups is 1. The van der Waals surface area contributed by atoms with E-state index in [-0.39, 0.29) is 17.8 Å². The van der Waals surface area contributed by atoms with Crippen molar-refractivity contribution >= 4 is 11.6 Å². The van der Waals surface area contributed by atoms with Crippen LogP contribution in [0.5, 0.6) is 5.75 Å². The number of benzene rings is 1. The van der Waals surface area contributed by atoms with E-state index in [1.165, 1.54) is 18.2 Å². The van der Waals surface area contributed by atoms with Crippen molar-refractivity contribution in [1.29, 1.82) is 0 Å². The molecule has 110 valence electrons. The van der Waals surface area contributed by atoms with Crippen LogP contribution in [-0.2, 0) is 0 Å². The fourth-order valence-electron chi connectivity index (χ4n) is 1.97. The molecule has 0 aliphatic heterocycles. The smallest absolute Gasteiger partial charge is 0.406 e. The van der Waals surface area contributed by atoms with Crippen LogP contribution in [0, 0.1) is 5.92 Å². The zero-order chi connectivity index (χ0) is 14.8. The van der Waals surface area contributed by atoms with Gasteiger partial charge >= 0.3 is 6.36 Å². The van der Waals surface area contributed by atoms with Crippen LogP contribution in [0.2, 0.25) is 0 Å². The second-order valence-electron chi connectivity index (χ2n) is 4.84. The molecule has 1 fully saturated rings. The molecule has 4 nitrogen and oxygen atoms in total. The summed E-state index contributed by atoms with van der Waals surface area (Å²) in [4.78, 5) is 4.28. The summed E-state index contributed by atoms with van der Waals surface area (Å²) in [6.07, 6.45) is -2.60. The van der Waals surface area contributed by atoms with Gasteiger partial charge in [-0.05, 0) is 30.9 Å². The second kappa shape index (κ2) is 5.60. The molecule has 0 aromatic heterocycles. The van der Waals surface area contributed by atoms with Crippen molar-refractivity contribution in [2.24, 2.45) is 16.6 Å². The molecule has 1 aliphatic carbocycles. The third-order valence-electron chi connectivity index (χ3n) is 3.22. The van der Waals surface area contributed by atoms with E-state index in [0.717, 1.165) is 12.8 Å². The summed E-state index contributed by atoms with van der Waals surface area (Å²) >= 11 is 0. The number of hydrogen-bond donors (Lipinski definition) is 2. The van der Waals surface area contributed by atoms with Gasteiger partial charge in [0.15, 0.2) is 5.96 Å². The SMILES string of the molecule is CC1CCC1N=C(N)Nc1cccc(OC(F)(F)F)c1. The van der Waals surface area contributed by atoms with Gasteiger partial charge in [-0.25, -0.2) is 4.99 Å². The molecule has 1 aliphatic rings. The lowest BCUT2D eigenvalue weighted by Crippen LogP contribution is -2.32. The number of rotatable bonds is 3. The molecule has 3 N–H and O–H groups in total. The fourth-order valence-corrected chi connectivity index (χ4v) is 1.97. The van der Waals surface area contributed by atoms with Crippen molar-refractivity contribution in [1.82, 2.24) is 0 Å². The summed E-state index contributed by atoms with van der Waals surface area (Å²) in [5.41, 5.74) is 6.13. The maximum absolute atomic E-state index is 12.1. The monoisotopic (exact) mass is 287 g/mol. The first-order chi connectivity index (χ1) is 9.33. The first kappa shape index (κ1) is 14.5. The average Bonchev–Trinajstić information content (AvgIpc) is 2.32. The quantitative estimate of drug-likeness (QED) is 0.663. The van der Waals surface area contributed by atoms with Crippen LogP contribution in [0.1, 0.15) is 19.8 Å². The van der Waals surface area contributed by atoms with Crippen LogP contribution >= 0.6 is 0 Å². The molecule has 0 amide bonds. The highest BCUT2D eigenvalue weighted by Crippen LogP contribution is 2.29. The Morgan fingerprint density at radius 2 is 2.15 bits per heavy atom. The molecule has 1 aromatic carbocycles. The first-order valence-electron chi connectivity index (χ1n) is 6.29. The predicted octanol–water partition coefficient (Wildman–Crippen LogP) is 3.11. The van der Waals surface area contributed by atoms with E-state index in [4.69, 9.17) is 5.73 Å². The zero-order valence-electron chi connectivity index (χ0n) is 10.9. The van der Waals surface area contributed by atoms with Crippen LogP contribution in [0.15, 0.2) is 29.3 Å². The van der Waals surface area contributed by atoms with Gasteiger partial charge < -0.3 is 15.8 Å². The van der Waals surface area contributed by atoms with Gasteiger partial charge in [-0.2, -0.15) is 0 Å². The van der Waals surface area contributed by atoms with E-state index < -0.39 is 6.36 Å². The van der Waals surface area contributed by atoms with E-state index in [9.17, 15) is 13.2 Å². The third-order valence-corrected chi connectivity index (χ3v) is 3.22. The highest BCUT2D eigenvalue weighted by Gasteiger charge is 2.31. The number of nitrogens with one attached hydrogen (secondary N) is 1. The summed E-state index contributed by atoms with van der Waals surface area (Å²) in [5, 5.41) is 2.77. The number of hydrogen-bond acceptors (Lipinski definition) is 2. The fraction of sp³-hybridized carbons (Fsp3) is 0.462. The second-order valence-corrected chi connectivity index (χ2v) is 4.84. The van der Waals surface area contributed by atoms with Crippen molar-refractivity contribution in [3.8, 4) is 5.75 Å². The summed E-state index contributed by atoms with van der Waals surface area (Å²) in [6.45, 7) is 2.09. The van der Waals surface area contributed by atoms with Gasteiger partial charge in [-0.15, -0.1) is 13.2 Å². The lowest BCUT2D eigenvalue weighted by molar-refractivity contribution is -0.274. The van der Waals surface area contributed by atoms with Crippen LogP contribution in [0.3, 0.4) is 0 Å². The van der Waals surface area contributed by atoms with E-state index in [2.05, 4.69) is 22.0 Å². The third kappa shape index (κ3) is 4.04. The van der Waals surface area contributed by atoms with E-state index in [1.54, 1.807) is 6.07 Å². The number of ether oxygens (including phenoxy) is 1. The van der Waals surface area contributed by atoms with Crippen molar-refractivity contribution in [3.63, 3.8) is 0 Å². The van der Waals surface area contributed by atoms with E-state index in [0.29, 0.717) is 11.6 Å². The zero-order valence-corrected chi connectivity index (χ0v) is 10.9. The highest BCUT2D eigenvalue weighted by atomic mass is 19.4. The normalized spacial score (nSPS) is 23.1. The number of guanidine groups is 1. The van der Waals surface area contributed by atoms with Gasteiger partial charge in [0.05, 0.1) is 6.04 Å². The number of nitrogens with two attached hydrogens (primary N) is 1. The van der Waals surface area contributed by atoms with Crippen LogP contribution in [0.25, 0.3) is 0 Å². The van der Waals surface area contributed by atoms with Crippen molar-refractivity contribution in [2.75, 3.05) is 5.32 Å².